The number of carboxylic acids is 1. The van der Waals surface area contributed by atoms with Gasteiger partial charge in [-0.3, -0.25) is 4.79 Å². The molecule has 1 aromatic heterocycles. The van der Waals surface area contributed by atoms with Gasteiger partial charge in [0.1, 0.15) is 5.54 Å². The van der Waals surface area contributed by atoms with E-state index in [4.69, 9.17) is 5.11 Å². The number of carbonyl (C=O) groups is 2. The maximum absolute atomic E-state index is 12.1. The Labute approximate surface area is 116 Å². The minimum atomic E-state index is -1.00. The van der Waals surface area contributed by atoms with Crippen molar-refractivity contribution >= 4 is 23.2 Å². The number of amides is 1. The zero-order valence-electron chi connectivity index (χ0n) is 11.3. The van der Waals surface area contributed by atoms with E-state index in [0.717, 1.165) is 19.3 Å². The number of carbonyl (C=O) groups excluding carboxylic acids is 1. The van der Waals surface area contributed by atoms with Gasteiger partial charge >= 0.3 is 5.97 Å². The largest absolute Gasteiger partial charge is 0.480 e. The Hall–Kier alpha value is -1.36. The monoisotopic (exact) mass is 281 g/mol. The van der Waals surface area contributed by atoms with Crippen LogP contribution in [-0.4, -0.2) is 22.5 Å². The maximum atomic E-state index is 12.1. The van der Waals surface area contributed by atoms with Crippen molar-refractivity contribution in [1.29, 1.82) is 0 Å². The van der Waals surface area contributed by atoms with Crippen molar-refractivity contribution in [2.24, 2.45) is 0 Å². The molecule has 2 N–H and O–H groups in total. The Morgan fingerprint density at radius 3 is 2.58 bits per heavy atom. The predicted molar refractivity (Wildman–Crippen MR) is 74.8 cm³/mol. The van der Waals surface area contributed by atoms with E-state index < -0.39 is 11.5 Å². The molecule has 1 amide bonds. The Bertz CT molecular complexity index is 503. The summed E-state index contributed by atoms with van der Waals surface area (Å²) < 4.78 is 0. The van der Waals surface area contributed by atoms with Crippen LogP contribution < -0.4 is 5.32 Å². The van der Waals surface area contributed by atoms with Gasteiger partial charge in [-0.05, 0) is 37.3 Å². The summed E-state index contributed by atoms with van der Waals surface area (Å²) >= 11 is 1.49. The molecular weight excluding hydrogens is 262 g/mol. The predicted octanol–water partition coefficient (Wildman–Crippen LogP) is 2.61. The van der Waals surface area contributed by atoms with Gasteiger partial charge < -0.3 is 10.4 Å². The molecule has 0 unspecified atom stereocenters. The summed E-state index contributed by atoms with van der Waals surface area (Å²) in [4.78, 5) is 25.1. The summed E-state index contributed by atoms with van der Waals surface area (Å²) in [6.07, 6.45) is 3.99. The number of aryl methyl sites for hydroxylation is 2. The lowest BCUT2D eigenvalue weighted by atomic mass is 10.1. The molecular formula is C14H19NO3S. The number of aliphatic carboxylic acids is 1. The van der Waals surface area contributed by atoms with Gasteiger partial charge in [0.2, 0.25) is 0 Å². The number of hydrogen-bond acceptors (Lipinski definition) is 3. The SMILES string of the molecule is CCCc1sc(C(=O)NC2(C(=O)O)CC2)cc1CC. The lowest BCUT2D eigenvalue weighted by Crippen LogP contribution is -2.42. The molecule has 0 bridgehead atoms. The maximum Gasteiger partial charge on any atom is 0.329 e. The summed E-state index contributed by atoms with van der Waals surface area (Å²) in [5, 5.41) is 11.7. The Balaban J connectivity index is 2.13. The van der Waals surface area contributed by atoms with Crippen LogP contribution in [0, 0.1) is 0 Å². The van der Waals surface area contributed by atoms with Crippen molar-refractivity contribution in [3.05, 3.63) is 21.4 Å². The lowest BCUT2D eigenvalue weighted by Gasteiger charge is -2.10. The lowest BCUT2D eigenvalue weighted by molar-refractivity contribution is -0.140. The Kier molecular flexibility index (Phi) is 3.94. The molecule has 104 valence electrons. The molecule has 2 rings (SSSR count). The summed E-state index contributed by atoms with van der Waals surface area (Å²) in [6.45, 7) is 4.19. The first-order chi connectivity index (χ1) is 9.02. The van der Waals surface area contributed by atoms with Crippen molar-refractivity contribution in [3.63, 3.8) is 0 Å². The smallest absolute Gasteiger partial charge is 0.329 e. The first-order valence-corrected chi connectivity index (χ1v) is 7.51. The van der Waals surface area contributed by atoms with E-state index in [1.165, 1.54) is 21.8 Å². The molecule has 0 aliphatic heterocycles. The zero-order chi connectivity index (χ0) is 14.0. The number of hydrogen-bond donors (Lipinski definition) is 2. The van der Waals surface area contributed by atoms with E-state index in [1.807, 2.05) is 6.07 Å². The van der Waals surface area contributed by atoms with Crippen molar-refractivity contribution in [3.8, 4) is 0 Å². The summed E-state index contributed by atoms with van der Waals surface area (Å²) in [6, 6.07) is 1.91. The van der Waals surface area contributed by atoms with Gasteiger partial charge in [0.15, 0.2) is 0 Å². The van der Waals surface area contributed by atoms with Crippen LogP contribution in [0.25, 0.3) is 0 Å². The molecule has 0 spiro atoms. The molecule has 0 atom stereocenters. The summed E-state index contributed by atoms with van der Waals surface area (Å²) in [5.41, 5.74) is 0.204. The Morgan fingerprint density at radius 1 is 1.42 bits per heavy atom. The average Bonchev–Trinajstić information content (AvgIpc) is 3.03. The average molecular weight is 281 g/mol. The zero-order valence-corrected chi connectivity index (χ0v) is 12.1. The van der Waals surface area contributed by atoms with E-state index >= 15 is 0 Å². The van der Waals surface area contributed by atoms with Gasteiger partial charge in [-0.25, -0.2) is 4.79 Å². The summed E-state index contributed by atoms with van der Waals surface area (Å²) in [5.74, 6) is -1.18. The van der Waals surface area contributed by atoms with E-state index in [2.05, 4.69) is 19.2 Å². The normalized spacial score (nSPS) is 16.1. The van der Waals surface area contributed by atoms with Gasteiger partial charge in [-0.2, -0.15) is 0 Å². The highest BCUT2D eigenvalue weighted by Gasteiger charge is 2.51. The van der Waals surface area contributed by atoms with Crippen molar-refractivity contribution in [1.82, 2.24) is 5.32 Å². The molecule has 0 radical (unpaired) electrons. The van der Waals surface area contributed by atoms with Gasteiger partial charge in [0, 0.05) is 4.88 Å². The third kappa shape index (κ3) is 2.81. The highest BCUT2D eigenvalue weighted by Crippen LogP contribution is 2.36. The molecule has 0 saturated heterocycles. The first kappa shape index (κ1) is 14.1. The van der Waals surface area contributed by atoms with Crippen molar-refractivity contribution in [2.45, 2.75) is 51.5 Å². The number of thiophene rings is 1. The number of rotatable bonds is 6. The number of carboxylic acid groups (broad SMARTS) is 1. The van der Waals surface area contributed by atoms with Gasteiger partial charge in [0.05, 0.1) is 4.88 Å². The topological polar surface area (TPSA) is 66.4 Å². The van der Waals surface area contributed by atoms with Crippen LogP contribution in [0.5, 0.6) is 0 Å². The fourth-order valence-corrected chi connectivity index (χ4v) is 3.36. The fourth-order valence-electron chi connectivity index (χ4n) is 2.11. The van der Waals surface area contributed by atoms with Crippen molar-refractivity contribution < 1.29 is 14.7 Å². The minimum absolute atomic E-state index is 0.248. The highest BCUT2D eigenvalue weighted by molar-refractivity contribution is 7.14. The van der Waals surface area contributed by atoms with E-state index in [1.54, 1.807) is 0 Å². The van der Waals surface area contributed by atoms with E-state index in [0.29, 0.717) is 17.7 Å². The summed E-state index contributed by atoms with van der Waals surface area (Å²) in [7, 11) is 0. The van der Waals surface area contributed by atoms with Gasteiger partial charge in [-0.15, -0.1) is 11.3 Å². The van der Waals surface area contributed by atoms with Gasteiger partial charge in [-0.1, -0.05) is 20.3 Å². The molecule has 19 heavy (non-hydrogen) atoms. The van der Waals surface area contributed by atoms with E-state index in [9.17, 15) is 9.59 Å². The molecule has 1 fully saturated rings. The van der Waals surface area contributed by atoms with Crippen molar-refractivity contribution in [2.75, 3.05) is 0 Å². The molecule has 1 aliphatic carbocycles. The quantitative estimate of drug-likeness (QED) is 0.842. The van der Waals surface area contributed by atoms with Crippen LogP contribution >= 0.6 is 11.3 Å². The van der Waals surface area contributed by atoms with Crippen LogP contribution in [0.4, 0.5) is 0 Å². The molecule has 1 heterocycles. The highest BCUT2D eigenvalue weighted by atomic mass is 32.1. The van der Waals surface area contributed by atoms with Crippen LogP contribution in [0.1, 0.15) is 53.2 Å². The molecule has 5 heteroatoms. The Morgan fingerprint density at radius 2 is 2.11 bits per heavy atom. The third-order valence-corrected chi connectivity index (χ3v) is 4.73. The van der Waals surface area contributed by atoms with Crippen LogP contribution in [-0.2, 0) is 17.6 Å². The first-order valence-electron chi connectivity index (χ1n) is 6.70. The molecule has 0 aromatic carbocycles. The third-order valence-electron chi connectivity index (χ3n) is 3.49. The molecule has 1 aliphatic rings. The molecule has 1 saturated carbocycles. The van der Waals surface area contributed by atoms with Crippen LogP contribution in [0.3, 0.4) is 0 Å². The van der Waals surface area contributed by atoms with Gasteiger partial charge in [0.25, 0.3) is 5.91 Å². The second-order valence-corrected chi connectivity index (χ2v) is 6.14. The van der Waals surface area contributed by atoms with Crippen LogP contribution in [0.2, 0.25) is 0 Å². The minimum Gasteiger partial charge on any atom is -0.480 e. The second-order valence-electron chi connectivity index (χ2n) is 5.00. The number of nitrogens with one attached hydrogen (secondary N) is 1. The molecule has 1 aromatic rings. The standard InChI is InChI=1S/C14H19NO3S/c1-3-5-10-9(4-2)8-11(19-10)12(16)15-14(6-7-14)13(17)18/h8H,3-7H2,1-2H3,(H,15,16)(H,17,18). The van der Waals surface area contributed by atoms with Crippen LogP contribution in [0.15, 0.2) is 6.07 Å². The fraction of sp³-hybridized carbons (Fsp3) is 0.571. The van der Waals surface area contributed by atoms with E-state index in [-0.39, 0.29) is 5.91 Å². The molecule has 4 nitrogen and oxygen atoms in total. The second kappa shape index (κ2) is 5.33.